The number of hydrogen-bond acceptors (Lipinski definition) is 2. The van der Waals surface area contributed by atoms with Gasteiger partial charge in [0.25, 0.3) is 5.91 Å². The monoisotopic (exact) mass is 456 g/mol. The van der Waals surface area contributed by atoms with Gasteiger partial charge in [0.1, 0.15) is 11.6 Å². The first-order valence-electron chi connectivity index (χ1n) is 8.23. The van der Waals surface area contributed by atoms with Gasteiger partial charge in [-0.05, 0) is 58.8 Å². The molecule has 2 aromatic carbocycles. The fourth-order valence-corrected chi connectivity index (χ4v) is 3.69. The molecule has 0 saturated carbocycles. The third-order valence-electron chi connectivity index (χ3n) is 4.28. The molecule has 6 heteroatoms. The molecule has 3 rings (SSSR count). The number of benzene rings is 2. The minimum absolute atomic E-state index is 0.0727. The highest BCUT2D eigenvalue weighted by molar-refractivity contribution is 14.1. The Balaban J connectivity index is 1.64. The van der Waals surface area contributed by atoms with Crippen LogP contribution >= 0.6 is 22.6 Å². The Morgan fingerprint density at radius 1 is 1.00 bits per heavy atom. The van der Waals surface area contributed by atoms with Gasteiger partial charge in [0.05, 0.1) is 0 Å². The van der Waals surface area contributed by atoms with E-state index in [1.165, 1.54) is 9.13 Å². The second-order valence-corrected chi connectivity index (χ2v) is 7.46. The normalized spacial score (nSPS) is 15.9. The van der Waals surface area contributed by atoms with E-state index in [2.05, 4.69) is 45.7 Å². The standard InChI is InChI=1S/C19H19F2IN2O/c20-16-10-15(11-17(21)12-16)19(25)24-6-2-5-23(7-8-24)13-14-3-1-4-18(22)9-14/h1,3-4,9-12H,2,5-8,13H2. The van der Waals surface area contributed by atoms with E-state index in [-0.39, 0.29) is 11.5 Å². The average Bonchev–Trinajstić information content (AvgIpc) is 2.79. The number of nitrogens with zero attached hydrogens (tertiary/aromatic N) is 2. The Kier molecular flexibility index (Phi) is 6.01. The molecule has 3 nitrogen and oxygen atoms in total. The predicted octanol–water partition coefficient (Wildman–Crippen LogP) is 3.92. The lowest BCUT2D eigenvalue weighted by Crippen LogP contribution is -2.35. The lowest BCUT2D eigenvalue weighted by atomic mass is 10.2. The van der Waals surface area contributed by atoms with Crippen LogP contribution < -0.4 is 0 Å². The molecular formula is C19H19F2IN2O. The molecule has 0 atom stereocenters. The smallest absolute Gasteiger partial charge is 0.254 e. The van der Waals surface area contributed by atoms with Crippen molar-refractivity contribution in [3.05, 3.63) is 68.8 Å². The summed E-state index contributed by atoms with van der Waals surface area (Å²) in [6.07, 6.45) is 0.841. The molecule has 0 bridgehead atoms. The predicted molar refractivity (Wildman–Crippen MR) is 101 cm³/mol. The lowest BCUT2D eigenvalue weighted by molar-refractivity contribution is 0.0760. The molecule has 0 N–H and O–H groups in total. The zero-order valence-corrected chi connectivity index (χ0v) is 15.9. The SMILES string of the molecule is O=C(c1cc(F)cc(F)c1)N1CCCN(Cc2cccc(I)c2)CC1. The Morgan fingerprint density at radius 3 is 2.48 bits per heavy atom. The van der Waals surface area contributed by atoms with Gasteiger partial charge in [0.2, 0.25) is 0 Å². The first kappa shape index (κ1) is 18.3. The van der Waals surface area contributed by atoms with Gasteiger partial charge in [-0.3, -0.25) is 9.69 Å². The van der Waals surface area contributed by atoms with Crippen LogP contribution in [0.1, 0.15) is 22.3 Å². The molecule has 1 saturated heterocycles. The molecular weight excluding hydrogens is 437 g/mol. The van der Waals surface area contributed by atoms with Gasteiger partial charge in [-0.1, -0.05) is 12.1 Å². The lowest BCUT2D eigenvalue weighted by Gasteiger charge is -2.22. The second-order valence-electron chi connectivity index (χ2n) is 6.21. The number of carbonyl (C=O) groups excluding carboxylic acids is 1. The van der Waals surface area contributed by atoms with Crippen molar-refractivity contribution in [1.29, 1.82) is 0 Å². The van der Waals surface area contributed by atoms with Gasteiger partial charge in [0, 0.05) is 47.9 Å². The van der Waals surface area contributed by atoms with Crippen molar-refractivity contribution in [3.63, 3.8) is 0 Å². The van der Waals surface area contributed by atoms with Crippen LogP contribution in [0.3, 0.4) is 0 Å². The Hall–Kier alpha value is -1.54. The van der Waals surface area contributed by atoms with Gasteiger partial charge in [0.15, 0.2) is 0 Å². The van der Waals surface area contributed by atoms with E-state index >= 15 is 0 Å². The van der Waals surface area contributed by atoms with Crippen molar-refractivity contribution < 1.29 is 13.6 Å². The number of halogens is 3. The van der Waals surface area contributed by atoms with Crippen molar-refractivity contribution >= 4 is 28.5 Å². The van der Waals surface area contributed by atoms with Crippen LogP contribution in [0.25, 0.3) is 0 Å². The topological polar surface area (TPSA) is 23.6 Å². The van der Waals surface area contributed by atoms with Crippen molar-refractivity contribution in [1.82, 2.24) is 9.80 Å². The molecule has 0 spiro atoms. The maximum atomic E-state index is 13.4. The van der Waals surface area contributed by atoms with E-state index in [0.29, 0.717) is 13.1 Å². The van der Waals surface area contributed by atoms with Crippen LogP contribution in [0.15, 0.2) is 42.5 Å². The maximum absolute atomic E-state index is 13.4. The number of hydrogen-bond donors (Lipinski definition) is 0. The summed E-state index contributed by atoms with van der Waals surface area (Å²) in [4.78, 5) is 16.5. The van der Waals surface area contributed by atoms with E-state index in [4.69, 9.17) is 0 Å². The summed E-state index contributed by atoms with van der Waals surface area (Å²) < 4.78 is 27.9. The number of carbonyl (C=O) groups is 1. The van der Waals surface area contributed by atoms with Crippen LogP contribution in [0, 0.1) is 15.2 Å². The van der Waals surface area contributed by atoms with Crippen molar-refractivity contribution in [2.24, 2.45) is 0 Å². The van der Waals surface area contributed by atoms with Gasteiger partial charge in [-0.2, -0.15) is 0 Å². The summed E-state index contributed by atoms with van der Waals surface area (Å²) in [5.74, 6) is -1.76. The zero-order valence-electron chi connectivity index (χ0n) is 13.7. The molecule has 1 aliphatic rings. The highest BCUT2D eigenvalue weighted by Crippen LogP contribution is 2.15. The minimum Gasteiger partial charge on any atom is -0.337 e. The minimum atomic E-state index is -0.724. The van der Waals surface area contributed by atoms with Gasteiger partial charge in [-0.25, -0.2) is 8.78 Å². The summed E-state index contributed by atoms with van der Waals surface area (Å²) in [5, 5.41) is 0. The molecule has 1 heterocycles. The van der Waals surface area contributed by atoms with Gasteiger partial charge >= 0.3 is 0 Å². The fourth-order valence-electron chi connectivity index (χ4n) is 3.09. The number of rotatable bonds is 3. The summed E-state index contributed by atoms with van der Waals surface area (Å²) in [6, 6.07) is 11.3. The van der Waals surface area contributed by atoms with Crippen molar-refractivity contribution in [2.75, 3.05) is 26.2 Å². The summed E-state index contributed by atoms with van der Waals surface area (Å²) >= 11 is 2.30. The van der Waals surface area contributed by atoms with Crippen molar-refractivity contribution in [3.8, 4) is 0 Å². The largest absolute Gasteiger partial charge is 0.337 e. The molecule has 0 unspecified atom stereocenters. The van der Waals surface area contributed by atoms with Crippen LogP contribution in [0.4, 0.5) is 8.78 Å². The summed E-state index contributed by atoms with van der Waals surface area (Å²) in [7, 11) is 0. The summed E-state index contributed by atoms with van der Waals surface area (Å²) in [6.45, 7) is 3.63. The third kappa shape index (κ3) is 4.98. The van der Waals surface area contributed by atoms with Crippen LogP contribution in [0.2, 0.25) is 0 Å². The average molecular weight is 456 g/mol. The first-order chi connectivity index (χ1) is 12.0. The molecule has 0 aliphatic carbocycles. The van der Waals surface area contributed by atoms with E-state index in [9.17, 15) is 13.6 Å². The molecule has 0 radical (unpaired) electrons. The van der Waals surface area contributed by atoms with E-state index in [0.717, 1.165) is 44.3 Å². The van der Waals surface area contributed by atoms with Crippen LogP contribution in [0.5, 0.6) is 0 Å². The molecule has 0 aromatic heterocycles. The fraction of sp³-hybridized carbons (Fsp3) is 0.316. The molecule has 1 fully saturated rings. The Bertz CT molecular complexity index is 749. The van der Waals surface area contributed by atoms with E-state index in [1.807, 2.05) is 6.07 Å². The van der Waals surface area contributed by atoms with Gasteiger partial charge in [-0.15, -0.1) is 0 Å². The van der Waals surface area contributed by atoms with Gasteiger partial charge < -0.3 is 4.90 Å². The highest BCUT2D eigenvalue weighted by atomic mass is 127. The molecule has 132 valence electrons. The Labute approximate surface area is 159 Å². The zero-order chi connectivity index (χ0) is 17.8. The first-order valence-corrected chi connectivity index (χ1v) is 9.31. The third-order valence-corrected chi connectivity index (χ3v) is 4.95. The summed E-state index contributed by atoms with van der Waals surface area (Å²) in [5.41, 5.74) is 1.32. The molecule has 25 heavy (non-hydrogen) atoms. The van der Waals surface area contributed by atoms with E-state index in [1.54, 1.807) is 4.90 Å². The van der Waals surface area contributed by atoms with E-state index < -0.39 is 11.6 Å². The Morgan fingerprint density at radius 2 is 1.76 bits per heavy atom. The molecule has 1 aliphatic heterocycles. The highest BCUT2D eigenvalue weighted by Gasteiger charge is 2.21. The molecule has 2 aromatic rings. The second kappa shape index (κ2) is 8.23. The molecule has 1 amide bonds. The quantitative estimate of drug-likeness (QED) is 0.654. The van der Waals surface area contributed by atoms with Crippen LogP contribution in [-0.4, -0.2) is 41.9 Å². The van der Waals surface area contributed by atoms with Crippen molar-refractivity contribution in [2.45, 2.75) is 13.0 Å². The maximum Gasteiger partial charge on any atom is 0.254 e. The number of amides is 1. The van der Waals surface area contributed by atoms with Crippen LogP contribution in [-0.2, 0) is 6.54 Å².